The van der Waals surface area contributed by atoms with Gasteiger partial charge in [0.05, 0.1) is 11.4 Å². The minimum Gasteiger partial charge on any atom is -0.381 e. The molecule has 40 heavy (non-hydrogen) atoms. The largest absolute Gasteiger partial charge is 0.381 e. The van der Waals surface area contributed by atoms with Crippen molar-refractivity contribution in [3.63, 3.8) is 0 Å². The number of rotatable bonds is 10. The zero-order valence-corrected chi connectivity index (χ0v) is 23.2. The van der Waals surface area contributed by atoms with Crippen LogP contribution >= 0.6 is 0 Å². The Balaban J connectivity index is 1.00. The Morgan fingerprint density at radius 2 is 0.875 bits per heavy atom. The summed E-state index contributed by atoms with van der Waals surface area (Å²) in [6.45, 7) is 10.5. The monoisotopic (exact) mass is 540 g/mol. The van der Waals surface area contributed by atoms with E-state index >= 15 is 0 Å². The van der Waals surface area contributed by atoms with Gasteiger partial charge in [0.2, 0.25) is 11.6 Å². The van der Waals surface area contributed by atoms with E-state index in [4.69, 9.17) is 0 Å². The number of benzene rings is 2. The molecule has 5 rings (SSSR count). The Kier molecular flexibility index (Phi) is 8.38. The molecule has 0 saturated carbocycles. The number of Topliss-reactive ketones (excluding diaryl/α,β-unsaturated/α-hetero) is 4. The summed E-state index contributed by atoms with van der Waals surface area (Å²) in [6, 6.07) is 14.0. The Labute approximate surface area is 235 Å². The van der Waals surface area contributed by atoms with Gasteiger partial charge in [0.15, 0.2) is 11.6 Å². The molecule has 0 bridgehead atoms. The van der Waals surface area contributed by atoms with Crippen molar-refractivity contribution in [3.05, 3.63) is 93.3 Å². The number of fused-ring (bicyclic) bond motifs is 2. The van der Waals surface area contributed by atoms with E-state index < -0.39 is 0 Å². The van der Waals surface area contributed by atoms with Gasteiger partial charge in [0.25, 0.3) is 0 Å². The Bertz CT molecular complexity index is 1310. The molecular formula is C32H36N4O4. The molecule has 1 saturated heterocycles. The fourth-order valence-corrected chi connectivity index (χ4v) is 5.69. The highest BCUT2D eigenvalue weighted by atomic mass is 16.1. The van der Waals surface area contributed by atoms with Crippen LogP contribution in [0.2, 0.25) is 0 Å². The van der Waals surface area contributed by atoms with E-state index in [2.05, 4.69) is 20.4 Å². The predicted octanol–water partition coefficient (Wildman–Crippen LogP) is 3.27. The number of nitrogens with zero attached hydrogens (tertiary/aromatic N) is 2. The number of ketones is 4. The number of allylic oxidation sites excluding steroid dienone is 4. The number of hydrogen-bond acceptors (Lipinski definition) is 8. The summed E-state index contributed by atoms with van der Waals surface area (Å²) < 4.78 is 0. The molecule has 8 heteroatoms. The number of carbonyl (C=O) groups excluding carboxylic acids is 4. The molecule has 3 aliphatic rings. The van der Waals surface area contributed by atoms with Gasteiger partial charge in [0.1, 0.15) is 0 Å². The van der Waals surface area contributed by atoms with Crippen molar-refractivity contribution in [1.82, 2.24) is 20.4 Å². The standard InChI is InChI=1S/C32H36N4O4/c1-21-27(31(39)25-11-5-3-9-23(25)29(21)37)33-13-7-15-35-17-19-36(20-18-35)16-8-14-34-28-22(2)30(38)24-10-4-6-12-26(24)32(28)40/h3-6,9-12,33-34H,7-8,13-20H2,1-2H3. The first kappa shape index (κ1) is 27.7. The van der Waals surface area contributed by atoms with Crippen molar-refractivity contribution < 1.29 is 19.2 Å². The molecule has 2 aliphatic carbocycles. The highest BCUT2D eigenvalue weighted by Crippen LogP contribution is 2.25. The third kappa shape index (κ3) is 5.55. The van der Waals surface area contributed by atoms with Crippen LogP contribution in [-0.4, -0.2) is 85.3 Å². The highest BCUT2D eigenvalue weighted by Gasteiger charge is 2.30. The number of nitrogens with one attached hydrogen (secondary N) is 2. The second-order valence-electron chi connectivity index (χ2n) is 10.7. The van der Waals surface area contributed by atoms with Crippen LogP contribution in [0.4, 0.5) is 0 Å². The first-order chi connectivity index (χ1) is 19.4. The van der Waals surface area contributed by atoms with Gasteiger partial charge in [-0.1, -0.05) is 48.5 Å². The summed E-state index contributed by atoms with van der Waals surface area (Å²) in [5, 5.41) is 6.47. The fourth-order valence-electron chi connectivity index (χ4n) is 5.69. The molecule has 0 spiro atoms. The molecule has 0 amide bonds. The van der Waals surface area contributed by atoms with Crippen LogP contribution in [-0.2, 0) is 0 Å². The number of piperazine rings is 1. The van der Waals surface area contributed by atoms with E-state index in [1.54, 1.807) is 62.4 Å². The van der Waals surface area contributed by atoms with Crippen molar-refractivity contribution in [2.45, 2.75) is 26.7 Å². The Hall–Kier alpha value is -3.88. The van der Waals surface area contributed by atoms with Gasteiger partial charge in [-0.2, -0.15) is 0 Å². The third-order valence-electron chi connectivity index (χ3n) is 8.09. The van der Waals surface area contributed by atoms with E-state index in [0.29, 0.717) is 57.9 Å². The van der Waals surface area contributed by atoms with Crippen LogP contribution in [0.15, 0.2) is 71.1 Å². The van der Waals surface area contributed by atoms with Crippen LogP contribution in [0.3, 0.4) is 0 Å². The first-order valence-electron chi connectivity index (χ1n) is 14.1. The van der Waals surface area contributed by atoms with Crippen molar-refractivity contribution >= 4 is 23.1 Å². The zero-order chi connectivity index (χ0) is 28.2. The average Bonchev–Trinajstić information content (AvgIpc) is 2.98. The van der Waals surface area contributed by atoms with Crippen molar-refractivity contribution in [1.29, 1.82) is 0 Å². The van der Waals surface area contributed by atoms with E-state index in [0.717, 1.165) is 52.1 Å². The predicted molar refractivity (Wildman–Crippen MR) is 154 cm³/mol. The molecule has 2 aromatic carbocycles. The lowest BCUT2D eigenvalue weighted by atomic mass is 9.88. The number of hydrogen-bond donors (Lipinski definition) is 2. The van der Waals surface area contributed by atoms with E-state index in [-0.39, 0.29) is 23.1 Å². The maximum Gasteiger partial charge on any atom is 0.209 e. The van der Waals surface area contributed by atoms with E-state index in [9.17, 15) is 19.2 Å². The van der Waals surface area contributed by atoms with Crippen LogP contribution < -0.4 is 10.6 Å². The summed E-state index contributed by atoms with van der Waals surface area (Å²) in [5.41, 5.74) is 3.75. The van der Waals surface area contributed by atoms with Crippen LogP contribution in [0.25, 0.3) is 0 Å². The maximum absolute atomic E-state index is 12.9. The minimum atomic E-state index is -0.105. The average molecular weight is 541 g/mol. The minimum absolute atomic E-state index is 0.0833. The Morgan fingerprint density at radius 3 is 1.23 bits per heavy atom. The van der Waals surface area contributed by atoms with E-state index in [1.165, 1.54) is 0 Å². The molecule has 1 heterocycles. The van der Waals surface area contributed by atoms with Gasteiger partial charge < -0.3 is 20.4 Å². The molecule has 0 unspecified atom stereocenters. The fraction of sp³-hybridized carbons (Fsp3) is 0.375. The second-order valence-corrected chi connectivity index (χ2v) is 10.7. The smallest absolute Gasteiger partial charge is 0.209 e. The summed E-state index contributed by atoms with van der Waals surface area (Å²) in [6.07, 6.45) is 1.77. The molecular weight excluding hydrogens is 504 g/mol. The molecule has 208 valence electrons. The molecule has 0 radical (unpaired) electrons. The third-order valence-corrected chi connectivity index (χ3v) is 8.09. The van der Waals surface area contributed by atoms with Gasteiger partial charge in [-0.05, 0) is 39.8 Å². The molecule has 1 aliphatic heterocycles. The lowest BCUT2D eigenvalue weighted by Gasteiger charge is -2.34. The SMILES string of the molecule is CC1=C(NCCCN2CCN(CCCNC3=C(C)C(=O)c4ccccc4C3=O)CC2)C(=O)c2ccccc2C1=O. The van der Waals surface area contributed by atoms with Gasteiger partial charge >= 0.3 is 0 Å². The second kappa shape index (κ2) is 12.1. The summed E-state index contributed by atoms with van der Waals surface area (Å²) >= 11 is 0. The normalized spacial score (nSPS) is 18.2. The topological polar surface area (TPSA) is 98.8 Å². The van der Waals surface area contributed by atoms with Gasteiger partial charge in [-0.15, -0.1) is 0 Å². The molecule has 2 aromatic rings. The molecule has 0 atom stereocenters. The van der Waals surface area contributed by atoms with E-state index in [1.807, 2.05) is 0 Å². The van der Waals surface area contributed by atoms with Crippen LogP contribution in [0.1, 0.15) is 68.1 Å². The molecule has 1 fully saturated rings. The van der Waals surface area contributed by atoms with Crippen molar-refractivity contribution in [3.8, 4) is 0 Å². The highest BCUT2D eigenvalue weighted by molar-refractivity contribution is 6.27. The first-order valence-corrected chi connectivity index (χ1v) is 14.1. The maximum atomic E-state index is 12.9. The lowest BCUT2D eigenvalue weighted by Crippen LogP contribution is -2.47. The van der Waals surface area contributed by atoms with Gasteiger partial charge in [-0.3, -0.25) is 19.2 Å². The Morgan fingerprint density at radius 1 is 0.550 bits per heavy atom. The molecule has 8 nitrogen and oxygen atoms in total. The summed E-state index contributed by atoms with van der Waals surface area (Å²) in [4.78, 5) is 55.9. The zero-order valence-electron chi connectivity index (χ0n) is 23.2. The van der Waals surface area contributed by atoms with Crippen LogP contribution in [0, 0.1) is 0 Å². The van der Waals surface area contributed by atoms with Gasteiger partial charge in [0, 0.05) is 72.7 Å². The molecule has 0 aromatic heterocycles. The summed E-state index contributed by atoms with van der Waals surface area (Å²) in [5.74, 6) is -0.377. The summed E-state index contributed by atoms with van der Waals surface area (Å²) in [7, 11) is 0. The molecule has 2 N–H and O–H groups in total. The number of carbonyl (C=O) groups is 4. The lowest BCUT2D eigenvalue weighted by molar-refractivity contribution is 0.0967. The quantitative estimate of drug-likeness (QED) is 0.443. The van der Waals surface area contributed by atoms with Gasteiger partial charge in [-0.25, -0.2) is 0 Å². The van der Waals surface area contributed by atoms with Crippen molar-refractivity contribution in [2.75, 3.05) is 52.4 Å². The van der Waals surface area contributed by atoms with Crippen molar-refractivity contribution in [2.24, 2.45) is 0 Å². The van der Waals surface area contributed by atoms with Crippen LogP contribution in [0.5, 0.6) is 0 Å².